The molecule has 9 nitrogen and oxygen atoms in total. The van der Waals surface area contributed by atoms with Crippen LogP contribution in [-0.4, -0.2) is 67.5 Å². The molecule has 0 heterocycles. The zero-order valence-electron chi connectivity index (χ0n) is 9.40. The minimum Gasteiger partial charge on any atom is -0.284 e. The Morgan fingerprint density at radius 2 is 1.16 bits per heavy atom. The van der Waals surface area contributed by atoms with Gasteiger partial charge in [-0.1, -0.05) is 0 Å². The molecule has 0 saturated heterocycles. The van der Waals surface area contributed by atoms with Crippen molar-refractivity contribution < 1.29 is 39.6 Å². The second-order valence-corrected chi connectivity index (χ2v) is 6.25. The van der Waals surface area contributed by atoms with Gasteiger partial charge in [-0.2, -0.15) is 8.42 Å². The van der Waals surface area contributed by atoms with Crippen LogP contribution < -0.4 is 2.81 Å². The normalized spacial score (nSPS) is 10.4. The predicted molar refractivity (Wildman–Crippen MR) is 68.4 cm³/mol. The summed E-state index contributed by atoms with van der Waals surface area (Å²) < 4.78 is 76.3. The Bertz CT molecular complexity index is 491. The van der Waals surface area contributed by atoms with Gasteiger partial charge in [0, 0.05) is 0 Å². The van der Waals surface area contributed by atoms with E-state index in [0.29, 0.717) is 0 Å². The number of hydrogen-bond donors (Lipinski definition) is 5. The van der Waals surface area contributed by atoms with Gasteiger partial charge in [0.1, 0.15) is 0 Å². The van der Waals surface area contributed by atoms with Gasteiger partial charge in [-0.3, -0.25) is 18.2 Å². The summed E-state index contributed by atoms with van der Waals surface area (Å²) in [6.07, 6.45) is 0. The fraction of sp³-hybridized carbons (Fsp3) is 0. The molecule has 19 heavy (non-hydrogen) atoms. The molecule has 1 rings (SSSR count). The van der Waals surface area contributed by atoms with Crippen molar-refractivity contribution in [1.82, 2.24) is 0 Å². The summed E-state index contributed by atoms with van der Waals surface area (Å²) in [4.78, 5) is -0.0444. The van der Waals surface area contributed by atoms with Crippen LogP contribution in [0.4, 0.5) is 0 Å². The average Bonchev–Trinajstić information content (AvgIpc) is 2.14. The minimum atomic E-state index is -4.00. The van der Waals surface area contributed by atoms with Crippen LogP contribution in [0.25, 0.3) is 0 Å². The predicted octanol–water partition coefficient (Wildman–Crippen LogP) is -0.911. The van der Waals surface area contributed by atoms with E-state index in [0.717, 1.165) is 30.7 Å². The summed E-state index contributed by atoms with van der Waals surface area (Å²) in [5.74, 6) is 0. The molecular formula is C6H9NaO9S3. The molecule has 1 aromatic rings. The average molecular weight is 344 g/mol. The van der Waals surface area contributed by atoms with Crippen molar-refractivity contribution in [1.29, 1.82) is 0 Å². The Kier molecular flexibility index (Phi) is 12.5. The smallest absolute Gasteiger partial charge is 0.284 e. The molecule has 0 unspecified atom stereocenters. The summed E-state index contributed by atoms with van der Waals surface area (Å²) in [6.45, 7) is 0. The van der Waals surface area contributed by atoms with Gasteiger partial charge in [0.25, 0.3) is 22.7 Å². The summed E-state index contributed by atoms with van der Waals surface area (Å²) in [6, 6.07) is 6.18. The van der Waals surface area contributed by atoms with Crippen molar-refractivity contribution in [2.24, 2.45) is 0 Å². The molecule has 0 fully saturated rings. The quantitative estimate of drug-likeness (QED) is 0.246. The van der Waals surface area contributed by atoms with E-state index in [1.54, 1.807) is 12.1 Å². The van der Waals surface area contributed by atoms with Crippen molar-refractivity contribution in [2.45, 2.75) is 4.90 Å². The Balaban J connectivity index is 0. The molecule has 0 radical (unpaired) electrons. The van der Waals surface area contributed by atoms with Crippen LogP contribution in [0.2, 0.25) is 0 Å². The monoisotopic (exact) mass is 344 g/mol. The first-order chi connectivity index (χ1) is 8.46. The second-order valence-electron chi connectivity index (χ2n) is 2.75. The zero-order chi connectivity index (χ0) is 15.6. The van der Waals surface area contributed by atoms with Gasteiger partial charge in [-0.05, 0) is 0 Å². The standard InChI is InChI=1S/C6H5O3S.Na.2H2O3S/c7-10(8,9)6-4-2-1-3-5-6;;2*1-4(2)3/h2-5H,(H,7,8,9);;2*(H2,1,2,3). The summed E-state index contributed by atoms with van der Waals surface area (Å²) in [5.41, 5.74) is 0. The van der Waals surface area contributed by atoms with Crippen LogP contribution >= 0.6 is 0 Å². The maximum Gasteiger partial charge on any atom is 0.299 e. The van der Waals surface area contributed by atoms with E-state index in [-0.39, 0.29) is 4.90 Å². The maximum atomic E-state index is 10.5. The van der Waals surface area contributed by atoms with Crippen LogP contribution in [0.1, 0.15) is 0 Å². The number of rotatable bonds is 1. The van der Waals surface area contributed by atoms with Crippen molar-refractivity contribution >= 4 is 63.6 Å². The molecule has 0 aliphatic heterocycles. The molecule has 1 aromatic carbocycles. The molecule has 5 N–H and O–H groups in total. The first-order valence-corrected chi connectivity index (χ1v) is 8.67. The summed E-state index contributed by atoms with van der Waals surface area (Å²) in [7, 11) is -4.00. The topological polar surface area (TPSA) is 169 Å². The molecule has 0 saturated carbocycles. The largest absolute Gasteiger partial charge is 0.299 e. The Hall–Kier alpha value is 0.270. The Morgan fingerprint density at radius 1 is 0.895 bits per heavy atom. The Morgan fingerprint density at radius 3 is 1.37 bits per heavy atom. The number of hydrogen-bond acceptors (Lipinski definition) is 4. The third kappa shape index (κ3) is 18.3. The van der Waals surface area contributed by atoms with E-state index in [2.05, 4.69) is 0 Å². The summed E-state index contributed by atoms with van der Waals surface area (Å²) in [5, 5.41) is 0. The number of benzene rings is 1. The van der Waals surface area contributed by atoms with Crippen LogP contribution in [0.5, 0.6) is 0 Å². The van der Waals surface area contributed by atoms with Crippen molar-refractivity contribution in [2.75, 3.05) is 0 Å². The third-order valence-corrected chi connectivity index (χ3v) is 2.85. The first-order valence-electron chi connectivity index (χ1n) is 4.11. The molecule has 0 atom stereocenters. The van der Waals surface area contributed by atoms with Gasteiger partial charge in [-0.25, -0.2) is 0 Å². The van der Waals surface area contributed by atoms with Crippen molar-refractivity contribution in [3.63, 3.8) is 0 Å². The zero-order valence-corrected chi connectivity index (χ0v) is 13.9. The van der Waals surface area contributed by atoms with Crippen LogP contribution in [0.3, 0.4) is 0 Å². The first kappa shape index (κ1) is 21.6. The molecule has 0 amide bonds. The van der Waals surface area contributed by atoms with Gasteiger partial charge in [-0.15, -0.1) is 0 Å². The molecule has 106 valence electrons. The van der Waals surface area contributed by atoms with Crippen LogP contribution in [0, 0.1) is 0 Å². The molecule has 0 aromatic heterocycles. The molecule has 0 bridgehead atoms. The van der Waals surface area contributed by atoms with E-state index in [1.807, 2.05) is 0 Å². The fourth-order valence-corrected chi connectivity index (χ4v) is 1.52. The third-order valence-electron chi connectivity index (χ3n) is 1.32. The van der Waals surface area contributed by atoms with E-state index in [4.69, 9.17) is 31.2 Å². The van der Waals surface area contributed by atoms with E-state index >= 15 is 0 Å². The second kappa shape index (κ2) is 11.0. The van der Waals surface area contributed by atoms with Crippen LogP contribution in [-0.2, 0) is 32.8 Å². The van der Waals surface area contributed by atoms with Gasteiger partial charge < -0.3 is 0 Å². The van der Waals surface area contributed by atoms with Gasteiger partial charge in [0.05, 0.1) is 0 Å². The Labute approximate surface area is 131 Å². The van der Waals surface area contributed by atoms with Crippen LogP contribution in [0.15, 0.2) is 29.2 Å². The molecule has 0 aliphatic carbocycles. The molecule has 13 heteroatoms. The molecule has 0 spiro atoms. The van der Waals surface area contributed by atoms with E-state index in [1.165, 1.54) is 12.1 Å². The van der Waals surface area contributed by atoms with Gasteiger partial charge in [0.15, 0.2) is 0 Å². The summed E-state index contributed by atoms with van der Waals surface area (Å²) >= 11 is -4.34. The van der Waals surface area contributed by atoms with Crippen molar-refractivity contribution in [3.8, 4) is 0 Å². The van der Waals surface area contributed by atoms with Gasteiger partial charge in [0.2, 0.25) is 0 Å². The van der Waals surface area contributed by atoms with Crippen molar-refractivity contribution in [3.05, 3.63) is 24.3 Å². The van der Waals surface area contributed by atoms with Gasteiger partial charge >= 0.3 is 83.0 Å². The fourth-order valence-electron chi connectivity index (χ4n) is 0.710. The molecule has 0 aliphatic rings. The van der Waals surface area contributed by atoms with E-state index < -0.39 is 32.8 Å². The van der Waals surface area contributed by atoms with E-state index in [9.17, 15) is 8.42 Å². The minimum absolute atomic E-state index is 0.0444. The maximum absolute atomic E-state index is 10.5. The molecular weight excluding hydrogens is 335 g/mol. The SMILES string of the molecule is O=S(=O)(O)c1cc[c]([Na])cc1.O=S(O)O.O=S(O)O.